The van der Waals surface area contributed by atoms with Gasteiger partial charge in [0.25, 0.3) is 0 Å². The molecule has 2 aliphatic carbocycles. The minimum atomic E-state index is -0.603. The van der Waals surface area contributed by atoms with E-state index in [9.17, 15) is 14.7 Å². The van der Waals surface area contributed by atoms with E-state index < -0.39 is 11.5 Å². The summed E-state index contributed by atoms with van der Waals surface area (Å²) in [6.45, 7) is 0. The van der Waals surface area contributed by atoms with E-state index in [4.69, 9.17) is 9.47 Å². The Balaban J connectivity index is 1.50. The van der Waals surface area contributed by atoms with Crippen molar-refractivity contribution >= 4 is 23.1 Å². The van der Waals surface area contributed by atoms with Gasteiger partial charge in [0.2, 0.25) is 17.6 Å². The van der Waals surface area contributed by atoms with Crippen LogP contribution in [-0.2, 0) is 9.59 Å². The average Bonchev–Trinajstić information content (AvgIpc) is 3.38. The lowest BCUT2D eigenvalue weighted by Crippen LogP contribution is -2.51. The SMILES string of the molecule is COc1ccc2c(c1O)OC1(CCCC1)[C@@H]1C2=CC[C@@H]2C(=O)N(c3ccccc3)C(=O)[C@@H]21. The van der Waals surface area contributed by atoms with Crippen molar-refractivity contribution in [2.75, 3.05) is 12.0 Å². The predicted octanol–water partition coefficient (Wildman–Crippen LogP) is 4.32. The van der Waals surface area contributed by atoms with Crippen LogP contribution in [0, 0.1) is 17.8 Å². The number of hydrogen-bond acceptors (Lipinski definition) is 5. The first kappa shape index (κ1) is 19.4. The van der Waals surface area contributed by atoms with Crippen LogP contribution in [0.1, 0.15) is 37.7 Å². The van der Waals surface area contributed by atoms with E-state index in [0.717, 1.165) is 36.8 Å². The van der Waals surface area contributed by atoms with Crippen molar-refractivity contribution < 1.29 is 24.2 Å². The molecule has 0 unspecified atom stereocenters. The molecule has 0 radical (unpaired) electrons. The number of fused-ring (bicyclic) bond motifs is 6. The summed E-state index contributed by atoms with van der Waals surface area (Å²) >= 11 is 0. The Hall–Kier alpha value is -3.28. The number of ether oxygens (including phenoxy) is 2. The fourth-order valence-electron chi connectivity index (χ4n) is 6.37. The maximum atomic E-state index is 13.8. The molecule has 6 nitrogen and oxygen atoms in total. The number of carbonyl (C=O) groups is 2. The summed E-state index contributed by atoms with van der Waals surface area (Å²) in [5.41, 5.74) is 1.83. The highest BCUT2D eigenvalue weighted by atomic mass is 16.5. The van der Waals surface area contributed by atoms with E-state index in [-0.39, 0.29) is 29.4 Å². The zero-order valence-corrected chi connectivity index (χ0v) is 17.9. The predicted molar refractivity (Wildman–Crippen MR) is 118 cm³/mol. The third kappa shape index (κ3) is 2.46. The van der Waals surface area contributed by atoms with Crippen LogP contribution in [0.4, 0.5) is 5.69 Å². The molecule has 3 atom stereocenters. The molecule has 2 amide bonds. The fourth-order valence-corrected chi connectivity index (χ4v) is 6.37. The first-order valence-electron chi connectivity index (χ1n) is 11.3. The first-order chi connectivity index (χ1) is 15.6. The Morgan fingerprint density at radius 3 is 2.53 bits per heavy atom. The molecule has 6 rings (SSSR count). The number of nitrogens with zero attached hydrogens (tertiary/aromatic N) is 1. The van der Waals surface area contributed by atoms with Crippen LogP contribution in [-0.4, -0.2) is 29.6 Å². The maximum Gasteiger partial charge on any atom is 0.238 e. The van der Waals surface area contributed by atoms with Gasteiger partial charge in [0.15, 0.2) is 11.5 Å². The maximum absolute atomic E-state index is 13.8. The van der Waals surface area contributed by atoms with Gasteiger partial charge in [0.05, 0.1) is 24.6 Å². The smallest absolute Gasteiger partial charge is 0.238 e. The van der Waals surface area contributed by atoms with Gasteiger partial charge >= 0.3 is 0 Å². The van der Waals surface area contributed by atoms with Crippen molar-refractivity contribution in [3.63, 3.8) is 0 Å². The molecule has 1 N–H and O–H groups in total. The van der Waals surface area contributed by atoms with Crippen molar-refractivity contribution in [3.05, 3.63) is 54.1 Å². The third-order valence-corrected chi connectivity index (χ3v) is 7.72. The number of phenolic OH excluding ortho intramolecular Hbond substituents is 1. The summed E-state index contributed by atoms with van der Waals surface area (Å²) in [7, 11) is 1.52. The van der Waals surface area contributed by atoms with Gasteiger partial charge in [-0.3, -0.25) is 14.5 Å². The number of para-hydroxylation sites is 1. The molecule has 32 heavy (non-hydrogen) atoms. The first-order valence-corrected chi connectivity index (χ1v) is 11.3. The molecule has 0 bridgehead atoms. The zero-order chi connectivity index (χ0) is 22.0. The quantitative estimate of drug-likeness (QED) is 0.717. The van der Waals surface area contributed by atoms with Crippen molar-refractivity contribution in [1.82, 2.24) is 0 Å². The molecule has 2 heterocycles. The molecule has 1 spiro atoms. The van der Waals surface area contributed by atoms with Gasteiger partial charge in [-0.25, -0.2) is 0 Å². The standard InChI is InChI=1S/C26H25NO5/c1-31-19-12-11-17-16-9-10-18-20(25(30)27(24(18)29)15-7-3-2-4-8-15)21(16)26(13-5-6-14-26)32-23(17)22(19)28/h2-4,7-9,11-12,18,20-21,28H,5-6,10,13-14H2,1H3/t18-,20-,21+/m0/s1. The number of benzene rings is 2. The van der Waals surface area contributed by atoms with Crippen LogP contribution in [0.15, 0.2) is 48.5 Å². The highest BCUT2D eigenvalue weighted by Gasteiger charge is 2.62. The van der Waals surface area contributed by atoms with Gasteiger partial charge < -0.3 is 14.6 Å². The number of rotatable bonds is 2. The number of amides is 2. The lowest BCUT2D eigenvalue weighted by Gasteiger charge is -2.48. The van der Waals surface area contributed by atoms with Crippen LogP contribution >= 0.6 is 0 Å². The molecular weight excluding hydrogens is 406 g/mol. The largest absolute Gasteiger partial charge is 0.502 e. The fraction of sp³-hybridized carbons (Fsp3) is 0.385. The van der Waals surface area contributed by atoms with Crippen LogP contribution < -0.4 is 14.4 Å². The summed E-state index contributed by atoms with van der Waals surface area (Å²) in [6.07, 6.45) is 6.17. The lowest BCUT2D eigenvalue weighted by atomic mass is 9.62. The minimum absolute atomic E-state index is 0.00233. The van der Waals surface area contributed by atoms with Gasteiger partial charge in [-0.15, -0.1) is 0 Å². The van der Waals surface area contributed by atoms with Crippen molar-refractivity contribution in [2.24, 2.45) is 17.8 Å². The van der Waals surface area contributed by atoms with Crippen molar-refractivity contribution in [3.8, 4) is 17.2 Å². The zero-order valence-electron chi connectivity index (χ0n) is 17.9. The second kappa shape index (κ2) is 6.86. The Kier molecular flexibility index (Phi) is 4.16. The molecule has 164 valence electrons. The molecule has 2 fully saturated rings. The number of aromatic hydroxyl groups is 1. The lowest BCUT2D eigenvalue weighted by molar-refractivity contribution is -0.125. The average molecular weight is 431 g/mol. The third-order valence-electron chi connectivity index (χ3n) is 7.72. The van der Waals surface area contributed by atoms with E-state index in [1.165, 1.54) is 12.0 Å². The Labute approximate surface area is 186 Å². The van der Waals surface area contributed by atoms with E-state index >= 15 is 0 Å². The second-order valence-corrected chi connectivity index (χ2v) is 9.22. The van der Waals surface area contributed by atoms with E-state index in [1.807, 2.05) is 36.4 Å². The Morgan fingerprint density at radius 2 is 1.81 bits per heavy atom. The number of carbonyl (C=O) groups excluding carboxylic acids is 2. The van der Waals surface area contributed by atoms with Gasteiger partial charge in [0.1, 0.15) is 5.60 Å². The number of hydrogen-bond donors (Lipinski definition) is 1. The normalized spacial score (nSPS) is 27.5. The summed E-state index contributed by atoms with van der Waals surface area (Å²) in [6, 6.07) is 12.8. The van der Waals surface area contributed by atoms with Crippen molar-refractivity contribution in [1.29, 1.82) is 0 Å². The number of methoxy groups -OCH3 is 1. The summed E-state index contributed by atoms with van der Waals surface area (Å²) in [4.78, 5) is 28.5. The number of imide groups is 1. The van der Waals surface area contributed by atoms with Crippen LogP contribution in [0.3, 0.4) is 0 Å². The Bertz CT molecular complexity index is 1150. The molecule has 2 aliphatic heterocycles. The van der Waals surface area contributed by atoms with Gasteiger partial charge in [-0.05, 0) is 61.9 Å². The summed E-state index contributed by atoms with van der Waals surface area (Å²) in [5.74, 6) is -0.525. The molecule has 0 aromatic heterocycles. The topological polar surface area (TPSA) is 76.1 Å². The molecule has 4 aliphatic rings. The molecule has 6 heteroatoms. The van der Waals surface area contributed by atoms with E-state index in [2.05, 4.69) is 6.08 Å². The van der Waals surface area contributed by atoms with Crippen molar-refractivity contribution in [2.45, 2.75) is 37.7 Å². The number of allylic oxidation sites excluding steroid dienone is 1. The van der Waals surface area contributed by atoms with Crippen LogP contribution in [0.2, 0.25) is 0 Å². The molecule has 2 aromatic rings. The van der Waals surface area contributed by atoms with Gasteiger partial charge in [0, 0.05) is 11.5 Å². The highest BCUT2D eigenvalue weighted by molar-refractivity contribution is 6.23. The molecule has 1 saturated carbocycles. The molecular formula is C26H25NO5. The number of anilines is 1. The van der Waals surface area contributed by atoms with Crippen LogP contribution in [0.25, 0.3) is 5.57 Å². The summed E-state index contributed by atoms with van der Waals surface area (Å²) in [5, 5.41) is 10.8. The second-order valence-electron chi connectivity index (χ2n) is 9.22. The summed E-state index contributed by atoms with van der Waals surface area (Å²) < 4.78 is 11.9. The monoisotopic (exact) mass is 431 g/mol. The number of phenols is 1. The van der Waals surface area contributed by atoms with E-state index in [1.54, 1.807) is 6.07 Å². The molecule has 2 aromatic carbocycles. The molecule has 1 saturated heterocycles. The minimum Gasteiger partial charge on any atom is -0.502 e. The highest BCUT2D eigenvalue weighted by Crippen LogP contribution is 2.61. The van der Waals surface area contributed by atoms with Gasteiger partial charge in [-0.1, -0.05) is 24.3 Å². The van der Waals surface area contributed by atoms with Crippen LogP contribution in [0.5, 0.6) is 17.2 Å². The van der Waals surface area contributed by atoms with E-state index in [0.29, 0.717) is 23.6 Å². The van der Waals surface area contributed by atoms with Gasteiger partial charge in [-0.2, -0.15) is 0 Å². The Morgan fingerprint density at radius 1 is 1.06 bits per heavy atom.